The van der Waals surface area contributed by atoms with Crippen LogP contribution in [-0.4, -0.2) is 17.5 Å². The fourth-order valence-electron chi connectivity index (χ4n) is 2.29. The Morgan fingerprint density at radius 2 is 2.28 bits per heavy atom. The molecule has 2 N–H and O–H groups in total. The zero-order chi connectivity index (χ0) is 13.2. The van der Waals surface area contributed by atoms with E-state index in [4.69, 9.17) is 4.42 Å². The number of hydrogen-bond acceptors (Lipinski definition) is 3. The summed E-state index contributed by atoms with van der Waals surface area (Å²) in [7, 11) is 0. The summed E-state index contributed by atoms with van der Waals surface area (Å²) >= 11 is 0. The number of rotatable bonds is 6. The Morgan fingerprint density at radius 3 is 2.83 bits per heavy atom. The molecular weight excluding hydrogens is 228 g/mol. The molecule has 4 nitrogen and oxygen atoms in total. The summed E-state index contributed by atoms with van der Waals surface area (Å²) in [5.74, 6) is 1.50. The Hall–Kier alpha value is -1.29. The molecule has 1 saturated carbocycles. The van der Waals surface area contributed by atoms with E-state index in [1.807, 2.05) is 19.1 Å². The predicted octanol–water partition coefficient (Wildman–Crippen LogP) is 2.06. The van der Waals surface area contributed by atoms with Crippen LogP contribution in [0.5, 0.6) is 0 Å². The fourth-order valence-corrected chi connectivity index (χ4v) is 2.29. The first kappa shape index (κ1) is 13.1. The highest BCUT2D eigenvalue weighted by Crippen LogP contribution is 2.39. The summed E-state index contributed by atoms with van der Waals surface area (Å²) in [6.45, 7) is 6.69. The Kier molecular flexibility index (Phi) is 3.76. The summed E-state index contributed by atoms with van der Waals surface area (Å²) < 4.78 is 5.18. The molecule has 4 heteroatoms. The van der Waals surface area contributed by atoms with Gasteiger partial charge in [0.1, 0.15) is 5.76 Å². The van der Waals surface area contributed by atoms with Crippen LogP contribution in [0.25, 0.3) is 0 Å². The highest BCUT2D eigenvalue weighted by atomic mass is 16.3. The first-order chi connectivity index (χ1) is 8.49. The number of amides is 1. The minimum atomic E-state index is -0.185. The number of carbonyl (C=O) groups excluding carboxylic acids is 1. The highest BCUT2D eigenvalue weighted by Gasteiger charge is 2.39. The summed E-state index contributed by atoms with van der Waals surface area (Å²) in [4.78, 5) is 11.9. The Labute approximate surface area is 108 Å². The van der Waals surface area contributed by atoms with Gasteiger partial charge in [0.15, 0.2) is 0 Å². The van der Waals surface area contributed by atoms with E-state index in [-0.39, 0.29) is 17.5 Å². The van der Waals surface area contributed by atoms with Crippen molar-refractivity contribution in [2.75, 3.05) is 0 Å². The summed E-state index contributed by atoms with van der Waals surface area (Å²) in [6, 6.07) is 3.49. The van der Waals surface area contributed by atoms with Crippen LogP contribution < -0.4 is 10.6 Å². The molecule has 1 amide bonds. The highest BCUT2D eigenvalue weighted by molar-refractivity contribution is 5.81. The molecule has 100 valence electrons. The van der Waals surface area contributed by atoms with Gasteiger partial charge in [0.05, 0.1) is 18.8 Å². The molecule has 0 radical (unpaired) electrons. The molecule has 0 aromatic carbocycles. The standard InChI is InChI=1S/C14H22N2O2/c1-10(16-14(2,3)11-6-7-11)13(17)15-9-12-5-4-8-18-12/h4-5,8,10-11,16H,6-7,9H2,1-3H3,(H,15,17). The maximum atomic E-state index is 11.9. The predicted molar refractivity (Wildman–Crippen MR) is 70.0 cm³/mol. The maximum absolute atomic E-state index is 11.9. The third kappa shape index (κ3) is 3.35. The first-order valence-electron chi connectivity index (χ1n) is 6.57. The van der Waals surface area contributed by atoms with Crippen LogP contribution in [0, 0.1) is 5.92 Å². The minimum Gasteiger partial charge on any atom is -0.467 e. The Balaban J connectivity index is 1.77. The quantitative estimate of drug-likeness (QED) is 0.812. The van der Waals surface area contributed by atoms with Gasteiger partial charge in [0.2, 0.25) is 5.91 Å². The lowest BCUT2D eigenvalue weighted by atomic mass is 9.97. The van der Waals surface area contributed by atoms with Crippen LogP contribution in [0.2, 0.25) is 0 Å². The number of hydrogen-bond donors (Lipinski definition) is 2. The van der Waals surface area contributed by atoms with Gasteiger partial charge >= 0.3 is 0 Å². The number of furan rings is 1. The summed E-state index contributed by atoms with van der Waals surface area (Å²) in [5, 5.41) is 6.28. The van der Waals surface area contributed by atoms with E-state index >= 15 is 0 Å². The number of nitrogens with one attached hydrogen (secondary N) is 2. The molecule has 0 spiro atoms. The van der Waals surface area contributed by atoms with Crippen molar-refractivity contribution in [1.82, 2.24) is 10.6 Å². The van der Waals surface area contributed by atoms with Gasteiger partial charge in [-0.3, -0.25) is 4.79 Å². The van der Waals surface area contributed by atoms with Crippen molar-refractivity contribution in [3.63, 3.8) is 0 Å². The van der Waals surface area contributed by atoms with Gasteiger partial charge in [-0.05, 0) is 51.7 Å². The van der Waals surface area contributed by atoms with Crippen LogP contribution in [0.15, 0.2) is 22.8 Å². The lowest BCUT2D eigenvalue weighted by Gasteiger charge is -2.29. The summed E-state index contributed by atoms with van der Waals surface area (Å²) in [5.41, 5.74) is 0.0431. The lowest BCUT2D eigenvalue weighted by molar-refractivity contribution is -0.123. The van der Waals surface area contributed by atoms with Gasteiger partial charge in [-0.15, -0.1) is 0 Å². The zero-order valence-corrected chi connectivity index (χ0v) is 11.3. The van der Waals surface area contributed by atoms with Gasteiger partial charge in [-0.1, -0.05) is 0 Å². The molecule has 1 aliphatic rings. The van der Waals surface area contributed by atoms with Gasteiger partial charge in [-0.2, -0.15) is 0 Å². The monoisotopic (exact) mass is 250 g/mol. The van der Waals surface area contributed by atoms with Gasteiger partial charge < -0.3 is 15.1 Å². The Morgan fingerprint density at radius 1 is 1.56 bits per heavy atom. The van der Waals surface area contributed by atoms with E-state index in [0.29, 0.717) is 12.5 Å². The SMILES string of the molecule is CC(NC(C)(C)C1CC1)C(=O)NCc1ccco1. The molecule has 1 atom stereocenters. The van der Waals surface area contributed by atoms with Crippen LogP contribution >= 0.6 is 0 Å². The van der Waals surface area contributed by atoms with Crippen molar-refractivity contribution in [3.05, 3.63) is 24.2 Å². The molecule has 2 rings (SSSR count). The minimum absolute atomic E-state index is 0.0140. The third-order valence-corrected chi connectivity index (χ3v) is 3.60. The second-order valence-corrected chi connectivity index (χ2v) is 5.66. The van der Waals surface area contributed by atoms with E-state index in [0.717, 1.165) is 5.76 Å². The van der Waals surface area contributed by atoms with E-state index in [1.165, 1.54) is 12.8 Å². The molecule has 18 heavy (non-hydrogen) atoms. The molecule has 1 unspecified atom stereocenters. The van der Waals surface area contributed by atoms with E-state index < -0.39 is 0 Å². The molecule has 1 aliphatic carbocycles. The van der Waals surface area contributed by atoms with Crippen LogP contribution in [0.3, 0.4) is 0 Å². The average Bonchev–Trinajstić information content (AvgIpc) is 3.05. The molecule has 1 fully saturated rings. The molecule has 1 heterocycles. The maximum Gasteiger partial charge on any atom is 0.237 e. The van der Waals surface area contributed by atoms with Crippen molar-refractivity contribution in [1.29, 1.82) is 0 Å². The average molecular weight is 250 g/mol. The van der Waals surface area contributed by atoms with Gasteiger partial charge in [-0.25, -0.2) is 0 Å². The fraction of sp³-hybridized carbons (Fsp3) is 0.643. The summed E-state index contributed by atoms with van der Waals surface area (Å²) in [6.07, 6.45) is 4.14. The second kappa shape index (κ2) is 5.14. The van der Waals surface area contributed by atoms with Gasteiger partial charge in [0.25, 0.3) is 0 Å². The normalized spacial score (nSPS) is 17.5. The van der Waals surface area contributed by atoms with Crippen molar-refractivity contribution >= 4 is 5.91 Å². The molecule has 1 aromatic heterocycles. The van der Waals surface area contributed by atoms with Crippen molar-refractivity contribution in [3.8, 4) is 0 Å². The smallest absolute Gasteiger partial charge is 0.237 e. The first-order valence-corrected chi connectivity index (χ1v) is 6.57. The van der Waals surface area contributed by atoms with E-state index in [1.54, 1.807) is 6.26 Å². The van der Waals surface area contributed by atoms with Crippen LogP contribution in [-0.2, 0) is 11.3 Å². The Bertz CT molecular complexity index is 394. The molecule has 0 aliphatic heterocycles. The van der Waals surface area contributed by atoms with Crippen LogP contribution in [0.1, 0.15) is 39.4 Å². The zero-order valence-electron chi connectivity index (χ0n) is 11.3. The molecule has 0 bridgehead atoms. The van der Waals surface area contributed by atoms with Crippen molar-refractivity contribution < 1.29 is 9.21 Å². The van der Waals surface area contributed by atoms with Crippen molar-refractivity contribution in [2.45, 2.75) is 51.7 Å². The lowest BCUT2D eigenvalue weighted by Crippen LogP contribution is -2.52. The topological polar surface area (TPSA) is 54.3 Å². The molecule has 1 aromatic rings. The molecule has 0 saturated heterocycles. The third-order valence-electron chi connectivity index (χ3n) is 3.60. The second-order valence-electron chi connectivity index (χ2n) is 5.66. The van der Waals surface area contributed by atoms with Crippen molar-refractivity contribution in [2.24, 2.45) is 5.92 Å². The van der Waals surface area contributed by atoms with Gasteiger partial charge in [0, 0.05) is 5.54 Å². The van der Waals surface area contributed by atoms with Crippen LogP contribution in [0.4, 0.5) is 0 Å². The molecular formula is C14H22N2O2. The van der Waals surface area contributed by atoms with E-state index in [9.17, 15) is 4.79 Å². The number of carbonyl (C=O) groups is 1. The largest absolute Gasteiger partial charge is 0.467 e. The van der Waals surface area contributed by atoms with E-state index in [2.05, 4.69) is 24.5 Å².